The molecule has 0 radical (unpaired) electrons. The van der Waals surface area contributed by atoms with Crippen molar-refractivity contribution < 1.29 is 72.1 Å². The molecule has 0 aromatic carbocycles. The lowest BCUT2D eigenvalue weighted by atomic mass is 10.3. The smallest absolute Gasteiger partial charge is 0.434 e. The average molecular weight is 500 g/mol. The zero-order valence-electron chi connectivity index (χ0n) is 14.8. The van der Waals surface area contributed by atoms with Crippen molar-refractivity contribution >= 4 is 11.9 Å². The lowest BCUT2D eigenvalue weighted by Gasteiger charge is -2.24. The Hall–Kier alpha value is -2.96. The number of nitrogens with zero attached hydrogens (tertiary/aromatic N) is 3. The molecule has 0 aliphatic heterocycles. The molecule has 0 aliphatic rings. The van der Waals surface area contributed by atoms with Crippen molar-refractivity contribution in [2.75, 3.05) is 5.32 Å². The molecule has 0 saturated heterocycles. The first kappa shape index (κ1) is 27.1. The molecule has 0 spiro atoms. The van der Waals surface area contributed by atoms with Gasteiger partial charge in [-0.25, -0.2) is 0 Å². The van der Waals surface area contributed by atoms with Crippen LogP contribution in [0.3, 0.4) is 0 Å². The molecule has 20 heteroatoms. The van der Waals surface area contributed by atoms with Gasteiger partial charge in [0.15, 0.2) is 0 Å². The Bertz CT molecular complexity index is 727. The number of alkyl halides is 12. The van der Waals surface area contributed by atoms with Crippen LogP contribution >= 0.6 is 0 Å². The maximum Gasteiger partial charge on any atom is 0.434 e. The van der Waals surface area contributed by atoms with Crippen LogP contribution in [0.1, 0.15) is 6.92 Å². The first-order chi connectivity index (χ1) is 14.1. The summed E-state index contributed by atoms with van der Waals surface area (Å²) in [5, 5.41) is 10.4. The summed E-state index contributed by atoms with van der Waals surface area (Å²) >= 11 is 0. The summed E-state index contributed by atoms with van der Waals surface area (Å²) in [6, 6.07) is -5.92. The number of carboxylic acids is 1. The molecule has 0 aliphatic carbocycles. The molecule has 0 saturated carbocycles. The van der Waals surface area contributed by atoms with Gasteiger partial charge < -0.3 is 19.9 Å². The summed E-state index contributed by atoms with van der Waals surface area (Å²) in [6.45, 7) is 0.801. The maximum absolute atomic E-state index is 12.6. The Balaban J connectivity index is 3.49. The molecule has 1 aromatic rings. The molecule has 1 heterocycles. The molecule has 2 N–H and O–H groups in total. The number of aliphatic carboxylic acids is 1. The molecular weight excluding hydrogens is 492 g/mol. The van der Waals surface area contributed by atoms with Crippen molar-refractivity contribution in [2.24, 2.45) is 0 Å². The van der Waals surface area contributed by atoms with Crippen LogP contribution in [-0.2, 0) is 4.79 Å². The predicted octanol–water partition coefficient (Wildman–Crippen LogP) is 3.50. The minimum atomic E-state index is -6.17. The number of hydrogen-bond acceptors (Lipinski definition) is 7. The van der Waals surface area contributed by atoms with E-state index in [1.54, 1.807) is 5.32 Å². The number of carboxylic acid groups (broad SMARTS) is 1. The number of nitrogens with one attached hydrogen (secondary N) is 1. The van der Waals surface area contributed by atoms with Crippen LogP contribution in [0.4, 0.5) is 58.6 Å². The van der Waals surface area contributed by atoms with Crippen molar-refractivity contribution in [1.29, 1.82) is 0 Å². The average Bonchev–Trinajstić information content (AvgIpc) is 2.53. The van der Waals surface area contributed by atoms with Crippen LogP contribution in [0.2, 0.25) is 0 Å². The maximum atomic E-state index is 12.6. The summed E-state index contributed by atoms with van der Waals surface area (Å²) in [4.78, 5) is 18.8. The van der Waals surface area contributed by atoms with Gasteiger partial charge in [0, 0.05) is 0 Å². The fourth-order valence-electron chi connectivity index (χ4n) is 1.61. The Morgan fingerprint density at radius 3 is 1.31 bits per heavy atom. The lowest BCUT2D eigenvalue weighted by Crippen LogP contribution is -2.47. The molecule has 0 unspecified atom stereocenters. The van der Waals surface area contributed by atoms with Crippen molar-refractivity contribution in [3.63, 3.8) is 0 Å². The van der Waals surface area contributed by atoms with E-state index in [1.165, 1.54) is 0 Å². The van der Waals surface area contributed by atoms with Crippen LogP contribution in [0.25, 0.3) is 0 Å². The summed E-state index contributed by atoms with van der Waals surface area (Å²) < 4.78 is 158. The quantitative estimate of drug-likeness (QED) is 0.549. The standard InChI is InChI=1S/C12H8F12N4O4/c1-2(3(29)30)25-6-26-7(31-4(9(13,14)15)10(16,17)18)28-8(27-6)32-5(11(19,20)21)12(22,23)24/h2,4-5H,1H3,(H,29,30)(H,25,26,27,28)/t2-/m1/s1. The number of ether oxygens (including phenoxy) is 2. The fourth-order valence-corrected chi connectivity index (χ4v) is 1.61. The van der Waals surface area contributed by atoms with Crippen LogP contribution in [0, 0.1) is 0 Å². The van der Waals surface area contributed by atoms with Crippen LogP contribution < -0.4 is 14.8 Å². The third kappa shape index (κ3) is 7.62. The zero-order valence-corrected chi connectivity index (χ0v) is 14.8. The van der Waals surface area contributed by atoms with Gasteiger partial charge in [-0.3, -0.25) is 4.79 Å². The second-order valence-electron chi connectivity index (χ2n) is 5.59. The van der Waals surface area contributed by atoms with Gasteiger partial charge in [0.2, 0.25) is 5.95 Å². The van der Waals surface area contributed by atoms with E-state index < -0.39 is 66.9 Å². The number of aromatic nitrogens is 3. The van der Waals surface area contributed by atoms with Gasteiger partial charge >= 0.3 is 42.7 Å². The van der Waals surface area contributed by atoms with Gasteiger partial charge in [-0.2, -0.15) is 62.7 Å². The van der Waals surface area contributed by atoms with Crippen molar-refractivity contribution in [1.82, 2.24) is 15.0 Å². The Morgan fingerprint density at radius 1 is 0.750 bits per heavy atom. The minimum absolute atomic E-state index is 0.801. The topological polar surface area (TPSA) is 106 Å². The monoisotopic (exact) mass is 500 g/mol. The van der Waals surface area contributed by atoms with Gasteiger partial charge in [0.05, 0.1) is 0 Å². The van der Waals surface area contributed by atoms with Gasteiger partial charge in [-0.05, 0) is 6.92 Å². The molecule has 0 bridgehead atoms. The highest BCUT2D eigenvalue weighted by Crippen LogP contribution is 2.38. The third-order valence-electron chi connectivity index (χ3n) is 2.95. The van der Waals surface area contributed by atoms with E-state index in [4.69, 9.17) is 5.11 Å². The van der Waals surface area contributed by atoms with E-state index in [0.29, 0.717) is 0 Å². The van der Waals surface area contributed by atoms with Crippen molar-refractivity contribution in [2.45, 2.75) is 49.9 Å². The Labute approximate surface area is 167 Å². The van der Waals surface area contributed by atoms with Crippen molar-refractivity contribution in [3.8, 4) is 12.0 Å². The first-order valence-electron chi connectivity index (χ1n) is 7.48. The van der Waals surface area contributed by atoms with Gasteiger partial charge in [0.1, 0.15) is 6.04 Å². The van der Waals surface area contributed by atoms with E-state index in [2.05, 4.69) is 24.4 Å². The molecule has 1 rings (SSSR count). The van der Waals surface area contributed by atoms with E-state index in [9.17, 15) is 57.5 Å². The van der Waals surface area contributed by atoms with E-state index in [1.807, 2.05) is 0 Å². The summed E-state index contributed by atoms with van der Waals surface area (Å²) in [5.41, 5.74) is 0. The molecule has 1 aromatic heterocycles. The van der Waals surface area contributed by atoms with Gasteiger partial charge in [-0.15, -0.1) is 4.98 Å². The van der Waals surface area contributed by atoms with Crippen LogP contribution in [0.15, 0.2) is 0 Å². The number of halogens is 12. The zero-order chi connectivity index (χ0) is 25.3. The molecular formula is C12H8F12N4O4. The molecule has 1 atom stereocenters. The van der Waals surface area contributed by atoms with Gasteiger partial charge in [0.25, 0.3) is 12.2 Å². The Morgan fingerprint density at radius 2 is 1.06 bits per heavy atom. The van der Waals surface area contributed by atoms with E-state index >= 15 is 0 Å². The summed E-state index contributed by atoms with van der Waals surface area (Å²) in [7, 11) is 0. The molecule has 0 fully saturated rings. The lowest BCUT2D eigenvalue weighted by molar-refractivity contribution is -0.302. The summed E-state index contributed by atoms with van der Waals surface area (Å²) in [6.07, 6.45) is -34.0. The molecule has 0 amide bonds. The highest BCUT2D eigenvalue weighted by molar-refractivity contribution is 5.75. The first-order valence-corrected chi connectivity index (χ1v) is 7.48. The Kier molecular flexibility index (Phi) is 7.52. The largest absolute Gasteiger partial charge is 0.480 e. The van der Waals surface area contributed by atoms with E-state index in [-0.39, 0.29) is 0 Å². The SMILES string of the molecule is C[C@@H](Nc1nc(OC(C(F)(F)F)C(F)(F)F)nc(OC(C(F)(F)F)C(F)(F)F)n1)C(=O)O. The minimum Gasteiger partial charge on any atom is -0.480 e. The predicted molar refractivity (Wildman–Crippen MR) is 73.6 cm³/mol. The number of hydrogen-bond donors (Lipinski definition) is 2. The highest BCUT2D eigenvalue weighted by atomic mass is 19.4. The van der Waals surface area contributed by atoms with Crippen molar-refractivity contribution in [3.05, 3.63) is 0 Å². The fraction of sp³-hybridized carbons (Fsp3) is 0.667. The van der Waals surface area contributed by atoms with E-state index in [0.717, 1.165) is 6.92 Å². The van der Waals surface area contributed by atoms with Crippen LogP contribution in [0.5, 0.6) is 12.0 Å². The molecule has 32 heavy (non-hydrogen) atoms. The number of carbonyl (C=O) groups is 1. The second-order valence-corrected chi connectivity index (χ2v) is 5.59. The van der Waals surface area contributed by atoms with Crippen LogP contribution in [-0.4, -0.2) is 69.0 Å². The number of rotatable bonds is 7. The third-order valence-corrected chi connectivity index (χ3v) is 2.95. The molecule has 8 nitrogen and oxygen atoms in total. The number of anilines is 1. The normalized spacial score (nSPS) is 14.5. The second kappa shape index (κ2) is 8.88. The van der Waals surface area contributed by atoms with Gasteiger partial charge in [-0.1, -0.05) is 0 Å². The molecule has 184 valence electrons. The summed E-state index contributed by atoms with van der Waals surface area (Å²) in [5.74, 6) is -3.10. The highest BCUT2D eigenvalue weighted by Gasteiger charge is 2.61.